The fourth-order valence-electron chi connectivity index (χ4n) is 0.355. The first-order chi connectivity index (χ1) is 4.18. The van der Waals surface area contributed by atoms with Crippen LogP contribution in [-0.2, 0) is 9.09 Å². The van der Waals surface area contributed by atoms with E-state index in [1.165, 1.54) is 5.82 Å². The molecule has 0 aromatic carbocycles. The lowest BCUT2D eigenvalue weighted by Crippen LogP contribution is -1.86. The zero-order chi connectivity index (χ0) is 7.33. The van der Waals surface area contributed by atoms with Crippen LogP contribution in [0.5, 0.6) is 0 Å². The highest BCUT2D eigenvalue weighted by Gasteiger charge is 2.14. The van der Waals surface area contributed by atoms with Crippen molar-refractivity contribution in [2.75, 3.05) is 12.2 Å². The summed E-state index contributed by atoms with van der Waals surface area (Å²) in [6, 6.07) is 0. The third kappa shape index (κ3) is 3.04. The van der Waals surface area contributed by atoms with E-state index >= 15 is 0 Å². The highest BCUT2D eigenvalue weighted by atomic mass is 35.5. The predicted molar refractivity (Wildman–Crippen MR) is 40.1 cm³/mol. The fraction of sp³-hybridized carbons (Fsp3) is 0.600. The van der Waals surface area contributed by atoms with Crippen LogP contribution in [0.1, 0.15) is 6.92 Å². The van der Waals surface area contributed by atoms with Gasteiger partial charge in [-0.3, -0.25) is 4.57 Å². The Hall–Kier alpha value is 0.220. The van der Waals surface area contributed by atoms with Crippen LogP contribution in [-0.4, -0.2) is 12.2 Å². The first-order valence-corrected chi connectivity index (χ1v) is 5.02. The van der Waals surface area contributed by atoms with Crippen LogP contribution in [0.3, 0.4) is 0 Å². The number of alkyl halides is 1. The average Bonchev–Trinajstić information content (AvgIpc) is 1.89. The molecular weight excluding hydrogens is 158 g/mol. The predicted octanol–water partition coefficient (Wildman–Crippen LogP) is 2.64. The van der Waals surface area contributed by atoms with Gasteiger partial charge in [-0.25, -0.2) is 0 Å². The summed E-state index contributed by atoms with van der Waals surface area (Å²) in [7, 11) is -2.65. The van der Waals surface area contributed by atoms with Crippen molar-refractivity contribution >= 4 is 19.0 Å². The molecule has 0 aliphatic heterocycles. The van der Waals surface area contributed by atoms with Gasteiger partial charge in [0.05, 0.1) is 6.61 Å². The van der Waals surface area contributed by atoms with E-state index in [1.807, 2.05) is 0 Å². The van der Waals surface area contributed by atoms with Gasteiger partial charge in [0.15, 0.2) is 0 Å². The largest absolute Gasteiger partial charge is 0.325 e. The molecule has 0 rings (SSSR count). The highest BCUT2D eigenvalue weighted by Crippen LogP contribution is 2.48. The van der Waals surface area contributed by atoms with Gasteiger partial charge in [-0.2, -0.15) is 0 Å². The Kier molecular flexibility index (Phi) is 4.20. The van der Waals surface area contributed by atoms with Crippen molar-refractivity contribution in [1.29, 1.82) is 0 Å². The molecule has 9 heavy (non-hydrogen) atoms. The maximum Gasteiger partial charge on any atom is 0.238 e. The second kappa shape index (κ2) is 4.10. The van der Waals surface area contributed by atoms with Crippen molar-refractivity contribution in [2.24, 2.45) is 0 Å². The molecule has 0 aliphatic carbocycles. The van der Waals surface area contributed by atoms with E-state index in [0.717, 1.165) is 0 Å². The molecule has 2 nitrogen and oxygen atoms in total. The van der Waals surface area contributed by atoms with Crippen LogP contribution < -0.4 is 0 Å². The monoisotopic (exact) mass is 168 g/mol. The Balaban J connectivity index is 3.93. The van der Waals surface area contributed by atoms with Crippen molar-refractivity contribution in [3.8, 4) is 0 Å². The zero-order valence-corrected chi connectivity index (χ0v) is 6.99. The normalized spacial score (nSPS) is 16.7. The van der Waals surface area contributed by atoms with Gasteiger partial charge < -0.3 is 4.52 Å². The molecule has 0 spiro atoms. The third-order valence-corrected chi connectivity index (χ3v) is 3.38. The minimum atomic E-state index is -2.65. The van der Waals surface area contributed by atoms with E-state index in [4.69, 9.17) is 16.1 Å². The van der Waals surface area contributed by atoms with E-state index in [1.54, 1.807) is 6.92 Å². The van der Waals surface area contributed by atoms with Crippen LogP contribution in [0.4, 0.5) is 0 Å². The summed E-state index contributed by atoms with van der Waals surface area (Å²) in [5.41, 5.74) is 0.0182. The standard InChI is InChI=1S/C5H10ClO2P/c1-3-8-9(7,4-2)5-6/h4H,2-3,5H2,1H3. The quantitative estimate of drug-likeness (QED) is 0.477. The summed E-state index contributed by atoms with van der Waals surface area (Å²) >= 11 is 5.33. The number of halogens is 1. The van der Waals surface area contributed by atoms with Gasteiger partial charge in [0.1, 0.15) is 5.62 Å². The molecule has 0 bridgehead atoms. The number of hydrogen-bond donors (Lipinski definition) is 0. The fourth-order valence-corrected chi connectivity index (χ4v) is 1.56. The molecule has 0 fully saturated rings. The third-order valence-electron chi connectivity index (χ3n) is 0.792. The molecule has 4 heteroatoms. The molecule has 0 aromatic heterocycles. The lowest BCUT2D eigenvalue weighted by Gasteiger charge is -2.07. The Morgan fingerprint density at radius 2 is 2.44 bits per heavy atom. The zero-order valence-electron chi connectivity index (χ0n) is 5.34. The van der Waals surface area contributed by atoms with E-state index in [-0.39, 0.29) is 5.62 Å². The Labute approximate surface area is 60.3 Å². The SMILES string of the molecule is C=CP(=O)(CCl)OCC. The van der Waals surface area contributed by atoms with E-state index in [0.29, 0.717) is 6.61 Å². The maximum absolute atomic E-state index is 11.1. The smallest absolute Gasteiger partial charge is 0.238 e. The molecule has 0 N–H and O–H groups in total. The van der Waals surface area contributed by atoms with E-state index < -0.39 is 7.37 Å². The maximum atomic E-state index is 11.1. The van der Waals surface area contributed by atoms with Gasteiger partial charge in [-0.15, -0.1) is 11.6 Å². The lowest BCUT2D eigenvalue weighted by molar-refractivity contribution is 0.343. The second-order valence-corrected chi connectivity index (χ2v) is 4.48. The summed E-state index contributed by atoms with van der Waals surface area (Å²) in [6.45, 7) is 5.53. The summed E-state index contributed by atoms with van der Waals surface area (Å²) in [5.74, 6) is 1.28. The summed E-state index contributed by atoms with van der Waals surface area (Å²) in [4.78, 5) is 0. The van der Waals surface area contributed by atoms with Gasteiger partial charge in [0, 0.05) is 0 Å². The van der Waals surface area contributed by atoms with Gasteiger partial charge in [-0.1, -0.05) is 6.58 Å². The van der Waals surface area contributed by atoms with E-state index in [9.17, 15) is 4.57 Å². The van der Waals surface area contributed by atoms with Crippen LogP contribution in [0.15, 0.2) is 12.4 Å². The van der Waals surface area contributed by atoms with Crippen molar-refractivity contribution in [3.05, 3.63) is 12.4 Å². The van der Waals surface area contributed by atoms with E-state index in [2.05, 4.69) is 6.58 Å². The molecule has 0 aliphatic rings. The Bertz CT molecular complexity index is 135. The van der Waals surface area contributed by atoms with Gasteiger partial charge in [0.25, 0.3) is 0 Å². The minimum Gasteiger partial charge on any atom is -0.325 e. The van der Waals surface area contributed by atoms with Crippen LogP contribution in [0, 0.1) is 0 Å². The first-order valence-electron chi connectivity index (χ1n) is 2.61. The Morgan fingerprint density at radius 3 is 2.56 bits per heavy atom. The van der Waals surface area contributed by atoms with Gasteiger partial charge >= 0.3 is 0 Å². The minimum absolute atomic E-state index is 0.0182. The Morgan fingerprint density at radius 1 is 1.89 bits per heavy atom. The van der Waals surface area contributed by atoms with Crippen molar-refractivity contribution < 1.29 is 9.09 Å². The topological polar surface area (TPSA) is 26.3 Å². The molecule has 1 unspecified atom stereocenters. The molecule has 0 aromatic rings. The highest BCUT2D eigenvalue weighted by molar-refractivity contribution is 7.63. The molecule has 0 heterocycles. The van der Waals surface area contributed by atoms with Crippen LogP contribution >= 0.6 is 19.0 Å². The molecular formula is C5H10ClO2P. The second-order valence-electron chi connectivity index (χ2n) is 1.45. The van der Waals surface area contributed by atoms with Crippen molar-refractivity contribution in [2.45, 2.75) is 6.92 Å². The molecule has 0 saturated heterocycles. The van der Waals surface area contributed by atoms with Gasteiger partial charge in [0.2, 0.25) is 7.37 Å². The van der Waals surface area contributed by atoms with Crippen molar-refractivity contribution in [3.63, 3.8) is 0 Å². The van der Waals surface area contributed by atoms with Gasteiger partial charge in [-0.05, 0) is 12.7 Å². The average molecular weight is 169 g/mol. The first kappa shape index (κ1) is 9.22. The summed E-state index contributed by atoms with van der Waals surface area (Å²) in [6.07, 6.45) is 0. The summed E-state index contributed by atoms with van der Waals surface area (Å²) < 4.78 is 15.9. The lowest BCUT2D eigenvalue weighted by atomic mass is 10.9. The van der Waals surface area contributed by atoms with Crippen LogP contribution in [0.2, 0.25) is 0 Å². The number of hydrogen-bond acceptors (Lipinski definition) is 2. The van der Waals surface area contributed by atoms with Crippen molar-refractivity contribution in [1.82, 2.24) is 0 Å². The molecule has 1 atom stereocenters. The summed E-state index contributed by atoms with van der Waals surface area (Å²) in [5, 5.41) is 0. The molecule has 0 radical (unpaired) electrons. The molecule has 0 amide bonds. The molecule has 0 saturated carbocycles. The molecule has 54 valence electrons. The van der Waals surface area contributed by atoms with Crippen LogP contribution in [0.25, 0.3) is 0 Å². The number of rotatable bonds is 4.